The zero-order chi connectivity index (χ0) is 21.3. The van der Waals surface area contributed by atoms with Crippen LogP contribution >= 0.6 is 0 Å². The van der Waals surface area contributed by atoms with E-state index in [2.05, 4.69) is 91.9 Å². The Morgan fingerprint density at radius 3 is 2.47 bits per heavy atom. The molecule has 154 valence electrons. The molecule has 4 rings (SSSR count). The number of hydrogen-bond donors (Lipinski definition) is 1. The molecule has 0 bridgehead atoms. The molecular formula is C25H29N5. The number of anilines is 1. The first-order valence-corrected chi connectivity index (χ1v) is 10.5. The third-order valence-electron chi connectivity index (χ3n) is 5.10. The van der Waals surface area contributed by atoms with Gasteiger partial charge in [0, 0.05) is 24.5 Å². The molecule has 0 aliphatic rings. The van der Waals surface area contributed by atoms with E-state index in [-0.39, 0.29) is 5.41 Å². The minimum absolute atomic E-state index is 0.145. The van der Waals surface area contributed by atoms with Gasteiger partial charge in [-0.15, -0.1) is 0 Å². The first kappa shape index (κ1) is 20.1. The van der Waals surface area contributed by atoms with Crippen molar-refractivity contribution in [3.63, 3.8) is 0 Å². The summed E-state index contributed by atoms with van der Waals surface area (Å²) >= 11 is 0. The molecule has 0 fully saturated rings. The number of pyridine rings is 1. The van der Waals surface area contributed by atoms with Gasteiger partial charge in [-0.25, -0.2) is 15.0 Å². The van der Waals surface area contributed by atoms with E-state index >= 15 is 0 Å². The van der Waals surface area contributed by atoms with E-state index in [0.29, 0.717) is 5.95 Å². The highest BCUT2D eigenvalue weighted by Crippen LogP contribution is 2.32. The smallest absolute Gasteiger partial charge is 0.223 e. The van der Waals surface area contributed by atoms with Crippen molar-refractivity contribution in [1.82, 2.24) is 19.4 Å². The van der Waals surface area contributed by atoms with Crippen molar-refractivity contribution in [2.75, 3.05) is 11.9 Å². The second kappa shape index (κ2) is 7.90. The summed E-state index contributed by atoms with van der Waals surface area (Å²) in [6.45, 7) is 11.6. The summed E-state index contributed by atoms with van der Waals surface area (Å²) in [7, 11) is 0. The molecule has 0 spiro atoms. The van der Waals surface area contributed by atoms with Crippen LogP contribution in [0.15, 0.2) is 54.9 Å². The Labute approximate surface area is 178 Å². The lowest BCUT2D eigenvalue weighted by Crippen LogP contribution is -2.20. The van der Waals surface area contributed by atoms with Crippen molar-refractivity contribution in [1.29, 1.82) is 0 Å². The van der Waals surface area contributed by atoms with Crippen LogP contribution in [0.1, 0.15) is 38.8 Å². The Hall–Kier alpha value is -3.21. The molecule has 5 heteroatoms. The van der Waals surface area contributed by atoms with E-state index in [1.165, 1.54) is 11.1 Å². The molecule has 1 aromatic carbocycles. The van der Waals surface area contributed by atoms with Crippen molar-refractivity contribution < 1.29 is 0 Å². The molecule has 3 aromatic heterocycles. The number of nitrogens with zero attached hydrogens (tertiary/aromatic N) is 4. The minimum Gasteiger partial charge on any atom is -0.354 e. The molecule has 0 aliphatic heterocycles. The molecule has 0 aliphatic carbocycles. The largest absolute Gasteiger partial charge is 0.354 e. The van der Waals surface area contributed by atoms with Crippen LogP contribution in [0.4, 0.5) is 5.95 Å². The van der Waals surface area contributed by atoms with Crippen LogP contribution in [0.3, 0.4) is 0 Å². The summed E-state index contributed by atoms with van der Waals surface area (Å²) in [6, 6.07) is 14.8. The van der Waals surface area contributed by atoms with E-state index in [0.717, 1.165) is 41.3 Å². The zero-order valence-electron chi connectivity index (χ0n) is 18.4. The third kappa shape index (κ3) is 4.20. The van der Waals surface area contributed by atoms with Crippen molar-refractivity contribution in [3.8, 4) is 22.6 Å². The van der Waals surface area contributed by atoms with Crippen molar-refractivity contribution in [2.45, 2.75) is 41.0 Å². The highest BCUT2D eigenvalue weighted by Gasteiger charge is 2.18. The molecule has 5 nitrogen and oxygen atoms in total. The van der Waals surface area contributed by atoms with Crippen LogP contribution in [0, 0.1) is 12.3 Å². The quantitative estimate of drug-likeness (QED) is 0.462. The topological polar surface area (TPSA) is 55.1 Å². The lowest BCUT2D eigenvalue weighted by Gasteiger charge is -2.18. The lowest BCUT2D eigenvalue weighted by molar-refractivity contribution is 0.442. The third-order valence-corrected chi connectivity index (χ3v) is 5.10. The van der Waals surface area contributed by atoms with E-state index in [1.54, 1.807) is 0 Å². The van der Waals surface area contributed by atoms with Crippen LogP contribution in [-0.4, -0.2) is 25.9 Å². The summed E-state index contributed by atoms with van der Waals surface area (Å²) in [5.74, 6) is 0.636. The number of aryl methyl sites for hydroxylation is 2. The summed E-state index contributed by atoms with van der Waals surface area (Å²) in [5.41, 5.74) is 7.43. The number of fused-ring (bicyclic) bond motifs is 1. The summed E-state index contributed by atoms with van der Waals surface area (Å²) in [6.07, 6.45) is 4.89. The molecule has 0 saturated carbocycles. The van der Waals surface area contributed by atoms with Gasteiger partial charge >= 0.3 is 0 Å². The fraction of sp³-hybridized carbons (Fsp3) is 0.320. The average Bonchev–Trinajstić information content (AvgIpc) is 3.11. The van der Waals surface area contributed by atoms with Gasteiger partial charge in [0.1, 0.15) is 5.65 Å². The molecular weight excluding hydrogens is 370 g/mol. The van der Waals surface area contributed by atoms with Gasteiger partial charge in [0.2, 0.25) is 5.95 Å². The number of rotatable bonds is 5. The molecule has 0 amide bonds. The number of aromatic nitrogens is 4. The number of benzene rings is 1. The fourth-order valence-corrected chi connectivity index (χ4v) is 3.38. The number of nitrogens with one attached hydrogen (secondary N) is 1. The van der Waals surface area contributed by atoms with Gasteiger partial charge in [-0.2, -0.15) is 0 Å². The maximum Gasteiger partial charge on any atom is 0.223 e. The Balaban J connectivity index is 1.86. The van der Waals surface area contributed by atoms with Crippen molar-refractivity contribution >= 4 is 11.6 Å². The van der Waals surface area contributed by atoms with Gasteiger partial charge < -0.3 is 5.32 Å². The highest BCUT2D eigenvalue weighted by molar-refractivity contribution is 5.80. The second-order valence-electron chi connectivity index (χ2n) is 8.97. The minimum atomic E-state index is 0.145. The Kier molecular flexibility index (Phi) is 5.29. The van der Waals surface area contributed by atoms with Crippen molar-refractivity contribution in [2.24, 2.45) is 5.41 Å². The van der Waals surface area contributed by atoms with Gasteiger partial charge in [0.25, 0.3) is 0 Å². The Morgan fingerprint density at radius 1 is 1.00 bits per heavy atom. The van der Waals surface area contributed by atoms with Crippen LogP contribution in [0.5, 0.6) is 0 Å². The number of hydrogen-bond acceptors (Lipinski definition) is 4. The molecule has 3 heterocycles. The molecule has 0 radical (unpaired) electrons. The molecule has 4 aromatic rings. The van der Waals surface area contributed by atoms with Gasteiger partial charge in [-0.05, 0) is 42.5 Å². The first-order valence-electron chi connectivity index (χ1n) is 10.5. The van der Waals surface area contributed by atoms with Crippen molar-refractivity contribution in [3.05, 3.63) is 66.0 Å². The van der Waals surface area contributed by atoms with Gasteiger partial charge in [-0.1, -0.05) is 57.5 Å². The summed E-state index contributed by atoms with van der Waals surface area (Å²) in [5, 5.41) is 3.37. The Bertz CT molecular complexity index is 1170. The highest BCUT2D eigenvalue weighted by atomic mass is 15.1. The summed E-state index contributed by atoms with van der Waals surface area (Å²) in [4.78, 5) is 14.2. The maximum absolute atomic E-state index is 4.99. The molecule has 1 N–H and O–H groups in total. The van der Waals surface area contributed by atoms with Crippen LogP contribution in [0.25, 0.3) is 28.3 Å². The Morgan fingerprint density at radius 2 is 1.77 bits per heavy atom. The maximum atomic E-state index is 4.99. The molecule has 0 unspecified atom stereocenters. The number of imidazole rings is 1. The monoisotopic (exact) mass is 399 g/mol. The fourth-order valence-electron chi connectivity index (χ4n) is 3.38. The second-order valence-corrected chi connectivity index (χ2v) is 8.97. The zero-order valence-corrected chi connectivity index (χ0v) is 18.4. The van der Waals surface area contributed by atoms with Gasteiger partial charge in [0.05, 0.1) is 17.1 Å². The van der Waals surface area contributed by atoms with Crippen LogP contribution in [-0.2, 0) is 6.42 Å². The predicted molar refractivity (Wildman–Crippen MR) is 124 cm³/mol. The van der Waals surface area contributed by atoms with E-state index in [1.807, 2.05) is 12.3 Å². The molecule has 30 heavy (non-hydrogen) atoms. The predicted octanol–water partition coefficient (Wildman–Crippen LogP) is 5.79. The van der Waals surface area contributed by atoms with E-state index in [9.17, 15) is 0 Å². The normalized spacial score (nSPS) is 11.8. The van der Waals surface area contributed by atoms with Crippen LogP contribution in [0.2, 0.25) is 0 Å². The SMILES string of the molecule is CCc1ccn2c(-c3ccnc(NCC(C)(C)C)n3)c(-c3ccc(C)cc3)nc2c1. The summed E-state index contributed by atoms with van der Waals surface area (Å²) < 4.78 is 2.13. The lowest BCUT2D eigenvalue weighted by atomic mass is 9.97. The van der Waals surface area contributed by atoms with Crippen LogP contribution < -0.4 is 5.32 Å². The average molecular weight is 400 g/mol. The van der Waals surface area contributed by atoms with Gasteiger partial charge in [0.15, 0.2) is 0 Å². The first-order chi connectivity index (χ1) is 14.3. The van der Waals surface area contributed by atoms with E-state index < -0.39 is 0 Å². The molecule has 0 saturated heterocycles. The molecule has 0 atom stereocenters. The van der Waals surface area contributed by atoms with E-state index in [4.69, 9.17) is 9.97 Å². The van der Waals surface area contributed by atoms with Gasteiger partial charge in [-0.3, -0.25) is 4.40 Å². The standard InChI is InChI=1S/C25H29N5/c1-6-18-12-14-30-21(15-18)29-22(19-9-7-17(2)8-10-19)23(30)20-11-13-26-24(28-20)27-16-25(3,4)5/h7-15H,6,16H2,1-5H3,(H,26,27,28).